The van der Waals surface area contributed by atoms with Crippen molar-refractivity contribution in [3.63, 3.8) is 0 Å². The molecule has 1 amide bonds. The summed E-state index contributed by atoms with van der Waals surface area (Å²) in [6.45, 7) is 1.91. The van der Waals surface area contributed by atoms with Crippen LogP contribution in [0.5, 0.6) is 0 Å². The predicted molar refractivity (Wildman–Crippen MR) is 74.5 cm³/mol. The Labute approximate surface area is 118 Å². The fourth-order valence-electron chi connectivity index (χ4n) is 1.48. The van der Waals surface area contributed by atoms with Crippen LogP contribution in [0.3, 0.4) is 0 Å². The summed E-state index contributed by atoms with van der Waals surface area (Å²) in [5, 5.41) is 8.78. The minimum atomic E-state index is -0.441. The number of nitrogens with zero attached hydrogens (tertiary/aromatic N) is 2. The Kier molecular flexibility index (Phi) is 5.98. The van der Waals surface area contributed by atoms with Crippen LogP contribution in [0.15, 0.2) is 30.3 Å². The average molecular weight is 272 g/mol. The number of carbonyl (C=O) groups excluding carboxylic acids is 2. The van der Waals surface area contributed by atoms with E-state index in [2.05, 4.69) is 0 Å². The second-order valence-electron chi connectivity index (χ2n) is 4.07. The van der Waals surface area contributed by atoms with Crippen LogP contribution in [-0.2, 0) is 14.3 Å². The first-order valence-corrected chi connectivity index (χ1v) is 6.15. The molecule has 0 aliphatic carbocycles. The van der Waals surface area contributed by atoms with Gasteiger partial charge in [0.2, 0.25) is 5.91 Å². The fourth-order valence-corrected chi connectivity index (χ4v) is 1.48. The lowest BCUT2D eigenvalue weighted by atomic mass is 10.1. The van der Waals surface area contributed by atoms with Crippen LogP contribution < -0.4 is 0 Å². The maximum atomic E-state index is 11.8. The molecule has 0 aliphatic heterocycles. The van der Waals surface area contributed by atoms with E-state index in [0.29, 0.717) is 5.56 Å². The van der Waals surface area contributed by atoms with Crippen LogP contribution in [-0.4, -0.2) is 37.0 Å². The second-order valence-corrected chi connectivity index (χ2v) is 4.07. The maximum Gasteiger partial charge on any atom is 0.325 e. The zero-order valence-corrected chi connectivity index (χ0v) is 11.5. The van der Waals surface area contributed by atoms with Crippen molar-refractivity contribution in [3.05, 3.63) is 41.5 Å². The van der Waals surface area contributed by atoms with E-state index in [1.807, 2.05) is 6.07 Å². The van der Waals surface area contributed by atoms with Gasteiger partial charge >= 0.3 is 5.97 Å². The number of hydrogen-bond donors (Lipinski definition) is 0. The number of likely N-dealkylation sites (N-methyl/N-ethyl adjacent to an activating group) is 1. The van der Waals surface area contributed by atoms with Gasteiger partial charge in [0.15, 0.2) is 0 Å². The second kappa shape index (κ2) is 7.74. The monoisotopic (exact) mass is 272 g/mol. The molecule has 0 aliphatic rings. The summed E-state index contributed by atoms with van der Waals surface area (Å²) in [6, 6.07) is 8.92. The van der Waals surface area contributed by atoms with Crippen molar-refractivity contribution >= 4 is 18.0 Å². The van der Waals surface area contributed by atoms with Gasteiger partial charge in [-0.15, -0.1) is 0 Å². The predicted octanol–water partition coefficient (Wildman–Crippen LogP) is 1.59. The average Bonchev–Trinajstić information content (AvgIpc) is 2.45. The van der Waals surface area contributed by atoms with Crippen LogP contribution in [0.1, 0.15) is 18.1 Å². The maximum absolute atomic E-state index is 11.8. The molecule has 0 aromatic heterocycles. The number of rotatable bonds is 5. The van der Waals surface area contributed by atoms with E-state index < -0.39 is 5.97 Å². The highest BCUT2D eigenvalue weighted by molar-refractivity contribution is 5.93. The van der Waals surface area contributed by atoms with Gasteiger partial charge in [0.25, 0.3) is 0 Å². The largest absolute Gasteiger partial charge is 0.465 e. The van der Waals surface area contributed by atoms with Crippen LogP contribution in [0, 0.1) is 11.3 Å². The molecule has 1 aromatic carbocycles. The van der Waals surface area contributed by atoms with Crippen molar-refractivity contribution in [2.45, 2.75) is 6.92 Å². The molecule has 0 fully saturated rings. The lowest BCUT2D eigenvalue weighted by Gasteiger charge is -2.13. The summed E-state index contributed by atoms with van der Waals surface area (Å²) in [6.07, 6.45) is 2.96. The zero-order chi connectivity index (χ0) is 15.0. The Morgan fingerprint density at radius 3 is 2.85 bits per heavy atom. The lowest BCUT2D eigenvalue weighted by molar-refractivity contribution is -0.146. The number of esters is 1. The number of ether oxygens (including phenoxy) is 1. The van der Waals surface area contributed by atoms with Gasteiger partial charge in [-0.2, -0.15) is 5.26 Å². The topological polar surface area (TPSA) is 70.4 Å². The highest BCUT2D eigenvalue weighted by atomic mass is 16.5. The van der Waals surface area contributed by atoms with Crippen LogP contribution in [0.2, 0.25) is 0 Å². The van der Waals surface area contributed by atoms with Crippen molar-refractivity contribution in [1.29, 1.82) is 5.26 Å². The zero-order valence-electron chi connectivity index (χ0n) is 11.5. The summed E-state index contributed by atoms with van der Waals surface area (Å²) in [5.74, 6) is -0.747. The van der Waals surface area contributed by atoms with E-state index >= 15 is 0 Å². The molecule has 0 atom stereocenters. The van der Waals surface area contributed by atoms with Crippen molar-refractivity contribution in [2.24, 2.45) is 0 Å². The molecule has 0 radical (unpaired) electrons. The molecule has 1 aromatic rings. The molecule has 0 spiro atoms. The van der Waals surface area contributed by atoms with E-state index in [4.69, 9.17) is 10.00 Å². The van der Waals surface area contributed by atoms with Gasteiger partial charge in [-0.1, -0.05) is 12.1 Å². The van der Waals surface area contributed by atoms with E-state index in [0.717, 1.165) is 5.56 Å². The van der Waals surface area contributed by atoms with E-state index in [-0.39, 0.29) is 19.1 Å². The van der Waals surface area contributed by atoms with Gasteiger partial charge in [0.1, 0.15) is 6.54 Å². The SMILES string of the molecule is CCOC(=O)CN(C)C(=O)/C=C/c1cccc(C#N)c1. The Bertz CT molecular complexity index is 558. The molecule has 104 valence electrons. The highest BCUT2D eigenvalue weighted by Crippen LogP contribution is 2.06. The van der Waals surface area contributed by atoms with E-state index in [1.54, 1.807) is 37.3 Å². The molecule has 0 saturated carbocycles. The molecule has 0 bridgehead atoms. The summed E-state index contributed by atoms with van der Waals surface area (Å²) in [4.78, 5) is 24.3. The third-order valence-electron chi connectivity index (χ3n) is 2.48. The van der Waals surface area contributed by atoms with Gasteiger partial charge in [0.05, 0.1) is 18.2 Å². The summed E-state index contributed by atoms with van der Waals surface area (Å²) >= 11 is 0. The van der Waals surface area contributed by atoms with Gasteiger partial charge in [-0.25, -0.2) is 0 Å². The fraction of sp³-hybridized carbons (Fsp3) is 0.267. The summed E-state index contributed by atoms with van der Waals surface area (Å²) < 4.78 is 4.76. The first kappa shape index (κ1) is 15.4. The number of nitriles is 1. The molecule has 5 heteroatoms. The van der Waals surface area contributed by atoms with Gasteiger partial charge in [0, 0.05) is 13.1 Å². The van der Waals surface area contributed by atoms with E-state index in [1.165, 1.54) is 18.0 Å². The molecule has 0 N–H and O–H groups in total. The molecular weight excluding hydrogens is 256 g/mol. The first-order valence-electron chi connectivity index (χ1n) is 6.15. The number of hydrogen-bond acceptors (Lipinski definition) is 4. The minimum absolute atomic E-state index is 0.0880. The Morgan fingerprint density at radius 1 is 1.45 bits per heavy atom. The molecule has 1 rings (SSSR count). The molecular formula is C15H16N2O3. The molecule has 0 unspecified atom stereocenters. The van der Waals surface area contributed by atoms with Crippen LogP contribution in [0.25, 0.3) is 6.08 Å². The van der Waals surface area contributed by atoms with Crippen molar-refractivity contribution < 1.29 is 14.3 Å². The molecule has 5 nitrogen and oxygen atoms in total. The minimum Gasteiger partial charge on any atom is -0.465 e. The summed E-state index contributed by atoms with van der Waals surface area (Å²) in [7, 11) is 1.52. The third-order valence-corrected chi connectivity index (χ3v) is 2.48. The smallest absolute Gasteiger partial charge is 0.325 e. The van der Waals surface area contributed by atoms with E-state index in [9.17, 15) is 9.59 Å². The van der Waals surface area contributed by atoms with Crippen LogP contribution in [0.4, 0.5) is 0 Å². The number of amides is 1. The third kappa shape index (κ3) is 4.94. The van der Waals surface area contributed by atoms with Gasteiger partial charge in [-0.3, -0.25) is 9.59 Å². The van der Waals surface area contributed by atoms with Gasteiger partial charge < -0.3 is 9.64 Å². The lowest BCUT2D eigenvalue weighted by Crippen LogP contribution is -2.31. The molecule has 0 heterocycles. The van der Waals surface area contributed by atoms with Crippen molar-refractivity contribution in [3.8, 4) is 6.07 Å². The number of carbonyl (C=O) groups is 2. The summed E-state index contributed by atoms with van der Waals surface area (Å²) in [5.41, 5.74) is 1.28. The normalized spacial score (nSPS) is 10.1. The van der Waals surface area contributed by atoms with Crippen LogP contribution >= 0.6 is 0 Å². The standard InChI is InChI=1S/C15H16N2O3/c1-3-20-15(19)11-17(2)14(18)8-7-12-5-4-6-13(9-12)10-16/h4-9H,3,11H2,1-2H3/b8-7+. The first-order chi connectivity index (χ1) is 9.56. The van der Waals surface area contributed by atoms with Crippen molar-refractivity contribution in [1.82, 2.24) is 4.90 Å². The highest BCUT2D eigenvalue weighted by Gasteiger charge is 2.10. The number of benzene rings is 1. The quantitative estimate of drug-likeness (QED) is 0.603. The molecule has 20 heavy (non-hydrogen) atoms. The Morgan fingerprint density at radius 2 is 2.20 bits per heavy atom. The Balaban J connectivity index is 2.62. The van der Waals surface area contributed by atoms with Gasteiger partial charge in [-0.05, 0) is 30.7 Å². The van der Waals surface area contributed by atoms with Crippen molar-refractivity contribution in [2.75, 3.05) is 20.2 Å². The Hall–Kier alpha value is -2.61. The molecule has 0 saturated heterocycles.